The first kappa shape index (κ1) is 27.5. The van der Waals surface area contributed by atoms with Crippen LogP contribution in [0.1, 0.15) is 68.4 Å². The molecule has 38 heavy (non-hydrogen) atoms. The fourth-order valence-corrected chi connectivity index (χ4v) is 5.38. The van der Waals surface area contributed by atoms with Gasteiger partial charge in [0.1, 0.15) is 17.2 Å². The highest BCUT2D eigenvalue weighted by Crippen LogP contribution is 2.45. The minimum absolute atomic E-state index is 0.337. The fraction of sp³-hybridized carbons (Fsp3) is 0.379. The first-order chi connectivity index (χ1) is 17.9. The minimum atomic E-state index is -1.31. The number of aromatic nitrogens is 2. The highest BCUT2D eigenvalue weighted by atomic mass is 35.5. The van der Waals surface area contributed by atoms with E-state index in [4.69, 9.17) is 22.1 Å². The summed E-state index contributed by atoms with van der Waals surface area (Å²) in [4.78, 5) is 38.2. The van der Waals surface area contributed by atoms with E-state index in [-0.39, 0.29) is 11.6 Å². The maximum atomic E-state index is 13.2. The van der Waals surface area contributed by atoms with E-state index in [9.17, 15) is 19.5 Å². The fourth-order valence-electron chi connectivity index (χ4n) is 5.19. The van der Waals surface area contributed by atoms with Crippen molar-refractivity contribution in [2.24, 2.45) is 5.73 Å². The number of nitrogens with two attached hydrogens (primary N) is 1. The van der Waals surface area contributed by atoms with Crippen molar-refractivity contribution in [2.45, 2.75) is 69.6 Å². The maximum absolute atomic E-state index is 13.2. The van der Waals surface area contributed by atoms with E-state index in [2.05, 4.69) is 5.10 Å². The van der Waals surface area contributed by atoms with Crippen molar-refractivity contribution in [3.05, 3.63) is 87.2 Å². The lowest BCUT2D eigenvalue weighted by atomic mass is 9.64. The molecule has 4 rings (SSSR count). The lowest BCUT2D eigenvalue weighted by Crippen LogP contribution is -2.54. The Morgan fingerprint density at radius 2 is 1.76 bits per heavy atom. The van der Waals surface area contributed by atoms with Crippen LogP contribution >= 0.6 is 11.6 Å². The molecule has 1 aliphatic carbocycles. The van der Waals surface area contributed by atoms with Gasteiger partial charge in [0.2, 0.25) is 0 Å². The Labute approximate surface area is 226 Å². The van der Waals surface area contributed by atoms with Crippen molar-refractivity contribution in [1.29, 1.82) is 0 Å². The van der Waals surface area contributed by atoms with E-state index >= 15 is 0 Å². The van der Waals surface area contributed by atoms with Crippen LogP contribution in [0, 0.1) is 0 Å². The van der Waals surface area contributed by atoms with E-state index in [0.717, 1.165) is 5.56 Å². The number of ether oxygens (including phenoxy) is 1. The lowest BCUT2D eigenvalue weighted by molar-refractivity contribution is -0.159. The highest BCUT2D eigenvalue weighted by Gasteiger charge is 2.47. The van der Waals surface area contributed by atoms with E-state index in [1.54, 1.807) is 26.8 Å². The number of esters is 1. The molecule has 1 heterocycles. The Morgan fingerprint density at radius 3 is 2.34 bits per heavy atom. The Bertz CT molecular complexity index is 1390. The molecule has 0 radical (unpaired) electrons. The molecule has 1 saturated carbocycles. The molecule has 1 unspecified atom stereocenters. The number of carbonyl (C=O) groups excluding carboxylic acids is 1. The van der Waals surface area contributed by atoms with Gasteiger partial charge < -0.3 is 15.6 Å². The Morgan fingerprint density at radius 1 is 1.11 bits per heavy atom. The number of hydrogen-bond donors (Lipinski definition) is 2. The standard InChI is InChI=1S/C29H32ClN3O5/c1-28(2,3)38-27(37)24(31)29(19-10-7-11-20(30)16-19)14-12-21(13-15-29)33-25(34)22(26(35)36)17-23(32-33)18-8-5-4-6-9-18/h4-11,16-17,21,24H,12-15,31H2,1-3H3,(H,35,36). The first-order valence-corrected chi connectivity index (χ1v) is 13.0. The zero-order valence-electron chi connectivity index (χ0n) is 21.7. The number of nitrogens with zero attached hydrogens (tertiary/aromatic N) is 2. The molecule has 8 nitrogen and oxygen atoms in total. The van der Waals surface area contributed by atoms with Crippen molar-refractivity contribution in [3.63, 3.8) is 0 Å². The molecular weight excluding hydrogens is 506 g/mol. The third-order valence-electron chi connectivity index (χ3n) is 7.08. The molecule has 3 aromatic rings. The summed E-state index contributed by atoms with van der Waals surface area (Å²) in [5.41, 5.74) is 6.07. The molecule has 1 atom stereocenters. The molecule has 0 bridgehead atoms. The number of benzene rings is 2. The molecule has 1 fully saturated rings. The summed E-state index contributed by atoms with van der Waals surface area (Å²) in [6.07, 6.45) is 1.80. The Balaban J connectivity index is 1.72. The quantitative estimate of drug-likeness (QED) is 0.425. The summed E-state index contributed by atoms with van der Waals surface area (Å²) in [5.74, 6) is -1.81. The van der Waals surface area contributed by atoms with Gasteiger partial charge in [-0.25, -0.2) is 9.48 Å². The zero-order valence-corrected chi connectivity index (χ0v) is 22.4. The van der Waals surface area contributed by atoms with Crippen LogP contribution in [0.15, 0.2) is 65.5 Å². The second-order valence-electron chi connectivity index (χ2n) is 10.8. The van der Waals surface area contributed by atoms with Crippen LogP contribution in [0.3, 0.4) is 0 Å². The number of rotatable bonds is 6. The summed E-state index contributed by atoms with van der Waals surface area (Å²) in [5, 5.41) is 14.8. The molecule has 0 amide bonds. The topological polar surface area (TPSA) is 125 Å². The van der Waals surface area contributed by atoms with Gasteiger partial charge in [0, 0.05) is 16.0 Å². The molecule has 200 valence electrons. The molecule has 9 heteroatoms. The highest BCUT2D eigenvalue weighted by molar-refractivity contribution is 6.30. The predicted octanol–water partition coefficient (Wildman–Crippen LogP) is 4.98. The summed E-state index contributed by atoms with van der Waals surface area (Å²) >= 11 is 6.32. The van der Waals surface area contributed by atoms with Crippen LogP contribution in [0.25, 0.3) is 11.3 Å². The normalized spacial score (nSPS) is 20.5. The van der Waals surface area contributed by atoms with Crippen LogP contribution in [-0.4, -0.2) is 38.5 Å². The smallest absolute Gasteiger partial charge is 0.341 e. The molecular formula is C29H32ClN3O5. The monoisotopic (exact) mass is 537 g/mol. The lowest BCUT2D eigenvalue weighted by Gasteiger charge is -2.44. The zero-order chi connectivity index (χ0) is 27.7. The van der Waals surface area contributed by atoms with Crippen LogP contribution in [0.2, 0.25) is 5.02 Å². The van der Waals surface area contributed by atoms with Gasteiger partial charge in [-0.1, -0.05) is 54.1 Å². The molecule has 0 saturated heterocycles. The minimum Gasteiger partial charge on any atom is -0.477 e. The van der Waals surface area contributed by atoms with Gasteiger partial charge in [-0.15, -0.1) is 0 Å². The van der Waals surface area contributed by atoms with E-state index < -0.39 is 34.6 Å². The van der Waals surface area contributed by atoms with Crippen molar-refractivity contribution < 1.29 is 19.4 Å². The molecule has 0 spiro atoms. The number of carboxylic acid groups (broad SMARTS) is 1. The predicted molar refractivity (Wildman–Crippen MR) is 145 cm³/mol. The van der Waals surface area contributed by atoms with Gasteiger partial charge in [-0.3, -0.25) is 9.59 Å². The number of carboxylic acids is 1. The third kappa shape index (κ3) is 5.66. The van der Waals surface area contributed by atoms with Gasteiger partial charge in [0.05, 0.1) is 11.7 Å². The Hall–Kier alpha value is -3.49. The summed E-state index contributed by atoms with van der Waals surface area (Å²) < 4.78 is 6.92. The van der Waals surface area contributed by atoms with Crippen LogP contribution in [-0.2, 0) is 14.9 Å². The molecule has 0 aliphatic heterocycles. The van der Waals surface area contributed by atoms with Gasteiger partial charge in [0.25, 0.3) is 5.56 Å². The van der Waals surface area contributed by atoms with E-state index in [1.807, 2.05) is 48.5 Å². The van der Waals surface area contributed by atoms with Gasteiger partial charge >= 0.3 is 11.9 Å². The average Bonchev–Trinajstić information content (AvgIpc) is 2.88. The molecule has 3 N–H and O–H groups in total. The van der Waals surface area contributed by atoms with Crippen molar-refractivity contribution in [1.82, 2.24) is 9.78 Å². The SMILES string of the molecule is CC(C)(C)OC(=O)C(N)C1(c2cccc(Cl)c2)CCC(n2nc(-c3ccccc3)cc(C(=O)O)c2=O)CC1. The second-order valence-corrected chi connectivity index (χ2v) is 11.2. The Kier molecular flexibility index (Phi) is 7.76. The first-order valence-electron chi connectivity index (χ1n) is 12.6. The largest absolute Gasteiger partial charge is 0.477 e. The van der Waals surface area contributed by atoms with Gasteiger partial charge in [0.15, 0.2) is 0 Å². The molecule has 1 aliphatic rings. The van der Waals surface area contributed by atoms with Crippen LogP contribution in [0.4, 0.5) is 0 Å². The van der Waals surface area contributed by atoms with Crippen molar-refractivity contribution >= 4 is 23.5 Å². The number of hydrogen-bond acceptors (Lipinski definition) is 6. The average molecular weight is 538 g/mol. The number of aromatic carboxylic acids is 1. The van der Waals surface area contributed by atoms with Crippen LogP contribution < -0.4 is 11.3 Å². The van der Waals surface area contributed by atoms with Crippen molar-refractivity contribution in [2.75, 3.05) is 0 Å². The summed E-state index contributed by atoms with van der Waals surface area (Å²) in [6, 6.07) is 16.4. The van der Waals surface area contributed by atoms with Crippen LogP contribution in [0.5, 0.6) is 0 Å². The summed E-state index contributed by atoms with van der Waals surface area (Å²) in [6.45, 7) is 5.37. The van der Waals surface area contributed by atoms with E-state index in [0.29, 0.717) is 42.0 Å². The third-order valence-corrected chi connectivity index (χ3v) is 7.32. The van der Waals surface area contributed by atoms with Gasteiger partial charge in [-0.05, 0) is 70.2 Å². The van der Waals surface area contributed by atoms with E-state index in [1.165, 1.54) is 10.7 Å². The maximum Gasteiger partial charge on any atom is 0.341 e. The van der Waals surface area contributed by atoms with Crippen molar-refractivity contribution in [3.8, 4) is 11.3 Å². The second kappa shape index (κ2) is 10.7. The number of carbonyl (C=O) groups is 2. The van der Waals surface area contributed by atoms with Gasteiger partial charge in [-0.2, -0.15) is 5.10 Å². The summed E-state index contributed by atoms with van der Waals surface area (Å²) in [7, 11) is 0. The number of halogens is 1. The molecule has 1 aromatic heterocycles. The molecule has 2 aromatic carbocycles.